The second kappa shape index (κ2) is 9.97. The second-order valence-corrected chi connectivity index (χ2v) is 6.44. The van der Waals surface area contributed by atoms with Gasteiger partial charge in [0.05, 0.1) is 5.56 Å². The van der Waals surface area contributed by atoms with Gasteiger partial charge in [0.25, 0.3) is 11.8 Å². The number of halogens is 2. The minimum atomic E-state index is -0.552. The summed E-state index contributed by atoms with van der Waals surface area (Å²) >= 11 is 0. The molecular formula is C22H26F2N2O2. The van der Waals surface area contributed by atoms with Crippen molar-refractivity contribution < 1.29 is 18.4 Å². The lowest BCUT2D eigenvalue weighted by Crippen LogP contribution is -2.33. The summed E-state index contributed by atoms with van der Waals surface area (Å²) in [6.07, 6.45) is 0.466. The van der Waals surface area contributed by atoms with Crippen LogP contribution >= 0.6 is 0 Å². The van der Waals surface area contributed by atoms with Crippen LogP contribution in [0, 0.1) is 11.6 Å². The predicted octanol–water partition coefficient (Wildman–Crippen LogP) is 4.15. The Labute approximate surface area is 164 Å². The van der Waals surface area contributed by atoms with Crippen molar-refractivity contribution in [1.29, 1.82) is 0 Å². The van der Waals surface area contributed by atoms with Gasteiger partial charge in [-0.05, 0) is 63.1 Å². The van der Waals surface area contributed by atoms with Gasteiger partial charge in [0, 0.05) is 31.7 Å². The zero-order chi connectivity index (χ0) is 20.7. The number of amides is 2. The third-order valence-electron chi connectivity index (χ3n) is 4.72. The number of rotatable bonds is 8. The number of carbonyl (C=O) groups excluding carboxylic acids is 2. The zero-order valence-corrected chi connectivity index (χ0v) is 16.5. The van der Waals surface area contributed by atoms with Gasteiger partial charge in [-0.25, -0.2) is 8.78 Å². The van der Waals surface area contributed by atoms with Gasteiger partial charge in [-0.1, -0.05) is 12.1 Å². The molecule has 2 amide bonds. The number of nitrogens with zero attached hydrogens (tertiary/aromatic N) is 2. The van der Waals surface area contributed by atoms with E-state index in [0.29, 0.717) is 38.2 Å². The number of benzene rings is 2. The van der Waals surface area contributed by atoms with Crippen LogP contribution < -0.4 is 0 Å². The first-order chi connectivity index (χ1) is 13.4. The zero-order valence-electron chi connectivity index (χ0n) is 16.5. The fraction of sp³-hybridized carbons (Fsp3) is 0.364. The molecule has 0 N–H and O–H groups in total. The van der Waals surface area contributed by atoms with E-state index in [-0.39, 0.29) is 17.4 Å². The SMILES string of the molecule is CCN(CCc1ccc(F)c(C(=O)N(CC)CC)c1)C(=O)c1cccc(F)c1. The third kappa shape index (κ3) is 5.15. The standard InChI is InChI=1S/C22H26F2N2O2/c1-4-25(5-2)22(28)19-14-16(10-11-20(19)24)12-13-26(6-3)21(27)17-8-7-9-18(23)15-17/h7-11,14-15H,4-6,12-13H2,1-3H3. The molecule has 0 spiro atoms. The molecule has 2 aromatic carbocycles. The van der Waals surface area contributed by atoms with Crippen molar-refractivity contribution in [3.05, 3.63) is 70.8 Å². The molecule has 2 rings (SSSR count). The molecule has 0 aliphatic rings. The van der Waals surface area contributed by atoms with Gasteiger partial charge in [0.2, 0.25) is 0 Å². The van der Waals surface area contributed by atoms with Gasteiger partial charge in [-0.3, -0.25) is 9.59 Å². The fourth-order valence-electron chi connectivity index (χ4n) is 3.04. The fourth-order valence-corrected chi connectivity index (χ4v) is 3.04. The Hall–Kier alpha value is -2.76. The van der Waals surface area contributed by atoms with Crippen LogP contribution in [0.4, 0.5) is 8.78 Å². The van der Waals surface area contributed by atoms with Crippen LogP contribution in [0.15, 0.2) is 42.5 Å². The molecule has 0 aliphatic carbocycles. The number of likely N-dealkylation sites (N-methyl/N-ethyl adjacent to an activating group) is 1. The summed E-state index contributed by atoms with van der Waals surface area (Å²) in [4.78, 5) is 28.2. The first-order valence-electron chi connectivity index (χ1n) is 9.53. The highest BCUT2D eigenvalue weighted by molar-refractivity contribution is 5.95. The largest absolute Gasteiger partial charge is 0.339 e. The summed E-state index contributed by atoms with van der Waals surface area (Å²) in [6, 6.07) is 10.0. The van der Waals surface area contributed by atoms with E-state index >= 15 is 0 Å². The molecule has 2 aromatic rings. The summed E-state index contributed by atoms with van der Waals surface area (Å²) in [5, 5.41) is 0. The average Bonchev–Trinajstić information content (AvgIpc) is 2.70. The average molecular weight is 388 g/mol. The smallest absolute Gasteiger partial charge is 0.256 e. The van der Waals surface area contributed by atoms with Crippen LogP contribution in [0.3, 0.4) is 0 Å². The Kier molecular flexibility index (Phi) is 7.67. The molecule has 0 bridgehead atoms. The normalized spacial score (nSPS) is 10.6. The molecule has 0 fully saturated rings. The molecule has 6 heteroatoms. The summed E-state index contributed by atoms with van der Waals surface area (Å²) in [5.41, 5.74) is 1.10. The highest BCUT2D eigenvalue weighted by atomic mass is 19.1. The van der Waals surface area contributed by atoms with E-state index in [4.69, 9.17) is 0 Å². The topological polar surface area (TPSA) is 40.6 Å². The summed E-state index contributed by atoms with van der Waals surface area (Å²) in [5.74, 6) is -1.61. The molecule has 0 unspecified atom stereocenters. The molecular weight excluding hydrogens is 362 g/mol. The molecule has 0 saturated carbocycles. The van der Waals surface area contributed by atoms with Crippen molar-refractivity contribution in [3.8, 4) is 0 Å². The molecule has 0 atom stereocenters. The van der Waals surface area contributed by atoms with Crippen LogP contribution in [-0.4, -0.2) is 47.8 Å². The van der Waals surface area contributed by atoms with Gasteiger partial charge >= 0.3 is 0 Å². The molecule has 0 radical (unpaired) electrons. The maximum Gasteiger partial charge on any atom is 0.256 e. The number of hydrogen-bond donors (Lipinski definition) is 0. The summed E-state index contributed by atoms with van der Waals surface area (Å²) in [7, 11) is 0. The van der Waals surface area contributed by atoms with Gasteiger partial charge in [0.1, 0.15) is 11.6 Å². The van der Waals surface area contributed by atoms with Gasteiger partial charge in [-0.15, -0.1) is 0 Å². The molecule has 0 aromatic heterocycles. The van der Waals surface area contributed by atoms with Crippen molar-refractivity contribution >= 4 is 11.8 Å². The van der Waals surface area contributed by atoms with E-state index in [1.54, 1.807) is 28.0 Å². The lowest BCUT2D eigenvalue weighted by Gasteiger charge is -2.22. The van der Waals surface area contributed by atoms with E-state index in [9.17, 15) is 18.4 Å². The van der Waals surface area contributed by atoms with Gasteiger partial charge in [0.15, 0.2) is 0 Å². The van der Waals surface area contributed by atoms with Gasteiger partial charge < -0.3 is 9.80 Å². The Morgan fingerprint density at radius 2 is 1.54 bits per heavy atom. The Morgan fingerprint density at radius 3 is 2.14 bits per heavy atom. The maximum atomic E-state index is 14.2. The molecule has 0 saturated heterocycles. The quantitative estimate of drug-likeness (QED) is 0.682. The van der Waals surface area contributed by atoms with Crippen molar-refractivity contribution in [2.24, 2.45) is 0 Å². The number of carbonyl (C=O) groups is 2. The lowest BCUT2D eigenvalue weighted by atomic mass is 10.1. The van der Waals surface area contributed by atoms with Crippen LogP contribution in [0.2, 0.25) is 0 Å². The molecule has 0 heterocycles. The number of hydrogen-bond acceptors (Lipinski definition) is 2. The van der Waals surface area contributed by atoms with Crippen LogP contribution in [-0.2, 0) is 6.42 Å². The van der Waals surface area contributed by atoms with E-state index in [0.717, 1.165) is 5.56 Å². The van der Waals surface area contributed by atoms with E-state index in [2.05, 4.69) is 0 Å². The maximum absolute atomic E-state index is 14.2. The highest BCUT2D eigenvalue weighted by Gasteiger charge is 2.19. The molecule has 150 valence electrons. The van der Waals surface area contributed by atoms with E-state index in [1.807, 2.05) is 20.8 Å². The summed E-state index contributed by atoms with van der Waals surface area (Å²) < 4.78 is 27.5. The van der Waals surface area contributed by atoms with E-state index < -0.39 is 11.6 Å². The van der Waals surface area contributed by atoms with Crippen molar-refractivity contribution in [2.75, 3.05) is 26.2 Å². The van der Waals surface area contributed by atoms with Crippen molar-refractivity contribution in [1.82, 2.24) is 9.80 Å². The van der Waals surface area contributed by atoms with E-state index in [1.165, 1.54) is 24.3 Å². The van der Waals surface area contributed by atoms with Crippen LogP contribution in [0.1, 0.15) is 47.1 Å². The van der Waals surface area contributed by atoms with Crippen molar-refractivity contribution in [3.63, 3.8) is 0 Å². The minimum Gasteiger partial charge on any atom is -0.339 e. The first kappa shape index (κ1) is 21.5. The first-order valence-corrected chi connectivity index (χ1v) is 9.53. The van der Waals surface area contributed by atoms with Crippen molar-refractivity contribution in [2.45, 2.75) is 27.2 Å². The third-order valence-corrected chi connectivity index (χ3v) is 4.72. The highest BCUT2D eigenvalue weighted by Crippen LogP contribution is 2.15. The minimum absolute atomic E-state index is 0.0423. The Bertz CT molecular complexity index is 835. The second-order valence-electron chi connectivity index (χ2n) is 6.44. The summed E-state index contributed by atoms with van der Waals surface area (Å²) in [6.45, 7) is 7.39. The Balaban J connectivity index is 2.13. The molecule has 4 nitrogen and oxygen atoms in total. The molecule has 0 aliphatic heterocycles. The Morgan fingerprint density at radius 1 is 0.857 bits per heavy atom. The lowest BCUT2D eigenvalue weighted by molar-refractivity contribution is 0.0756. The van der Waals surface area contributed by atoms with Crippen LogP contribution in [0.25, 0.3) is 0 Å². The van der Waals surface area contributed by atoms with Gasteiger partial charge in [-0.2, -0.15) is 0 Å². The predicted molar refractivity (Wildman–Crippen MR) is 105 cm³/mol. The molecule has 28 heavy (non-hydrogen) atoms. The van der Waals surface area contributed by atoms with Crippen LogP contribution in [0.5, 0.6) is 0 Å². The monoisotopic (exact) mass is 388 g/mol.